The van der Waals surface area contributed by atoms with E-state index in [4.69, 9.17) is 0 Å². The maximum Gasteiger partial charge on any atom is 0.328 e. The second-order valence-electron chi connectivity index (χ2n) is 5.15. The normalized spacial score (nSPS) is 20.4. The maximum atomic E-state index is 11.9. The predicted molar refractivity (Wildman–Crippen MR) is 72.8 cm³/mol. The Kier molecular flexibility index (Phi) is 2.74. The molecule has 96 valence electrons. The van der Waals surface area contributed by atoms with Crippen molar-refractivity contribution in [3.05, 3.63) is 34.2 Å². The second-order valence-corrected chi connectivity index (χ2v) is 5.15. The van der Waals surface area contributed by atoms with Crippen LogP contribution >= 0.6 is 0 Å². The van der Waals surface area contributed by atoms with Gasteiger partial charge < -0.3 is 5.32 Å². The van der Waals surface area contributed by atoms with Crippen LogP contribution in [0.15, 0.2) is 23.0 Å². The highest BCUT2D eigenvalue weighted by Gasteiger charge is 2.16. The minimum absolute atomic E-state index is 0.0405. The summed E-state index contributed by atoms with van der Waals surface area (Å²) in [5.74, 6) is 0. The molecule has 1 unspecified atom stereocenters. The molecule has 1 aliphatic heterocycles. The second kappa shape index (κ2) is 4.28. The van der Waals surface area contributed by atoms with Crippen molar-refractivity contribution in [1.82, 2.24) is 14.5 Å². The zero-order valence-electron chi connectivity index (χ0n) is 10.9. The van der Waals surface area contributed by atoms with Gasteiger partial charge in [0.1, 0.15) is 0 Å². The summed E-state index contributed by atoms with van der Waals surface area (Å²) < 4.78 is 3.43. The number of aryl methyl sites for hydroxylation is 2. The zero-order valence-corrected chi connectivity index (χ0v) is 10.9. The minimum atomic E-state index is 0.0405. The SMILES string of the molecule is Cn1c(=O)n(C)c2cc(C3CCCCN3)ccc21. The van der Waals surface area contributed by atoms with Gasteiger partial charge in [0.15, 0.2) is 0 Å². The van der Waals surface area contributed by atoms with Crippen LogP contribution in [0, 0.1) is 0 Å². The van der Waals surface area contributed by atoms with Gasteiger partial charge in [-0.05, 0) is 37.1 Å². The third kappa shape index (κ3) is 1.68. The van der Waals surface area contributed by atoms with Crippen LogP contribution in [-0.4, -0.2) is 15.7 Å². The molecule has 1 aromatic carbocycles. The molecule has 18 heavy (non-hydrogen) atoms. The molecule has 2 aromatic rings. The van der Waals surface area contributed by atoms with Gasteiger partial charge in [-0.15, -0.1) is 0 Å². The summed E-state index contributed by atoms with van der Waals surface area (Å²) in [6.45, 7) is 1.09. The number of aromatic nitrogens is 2. The molecule has 4 heteroatoms. The number of imidazole rings is 1. The van der Waals surface area contributed by atoms with Crippen molar-refractivity contribution in [2.24, 2.45) is 14.1 Å². The van der Waals surface area contributed by atoms with Gasteiger partial charge in [-0.2, -0.15) is 0 Å². The summed E-state index contributed by atoms with van der Waals surface area (Å²) in [6.07, 6.45) is 3.73. The maximum absolute atomic E-state index is 11.9. The molecular weight excluding hydrogens is 226 g/mol. The molecule has 1 atom stereocenters. The van der Waals surface area contributed by atoms with Crippen molar-refractivity contribution in [3.63, 3.8) is 0 Å². The van der Waals surface area contributed by atoms with Crippen molar-refractivity contribution in [3.8, 4) is 0 Å². The highest BCUT2D eigenvalue weighted by molar-refractivity contribution is 5.77. The first-order valence-corrected chi connectivity index (χ1v) is 6.57. The first-order chi connectivity index (χ1) is 8.68. The fourth-order valence-corrected chi connectivity index (χ4v) is 2.88. The first kappa shape index (κ1) is 11.5. The number of hydrogen-bond donors (Lipinski definition) is 1. The lowest BCUT2D eigenvalue weighted by Gasteiger charge is -2.23. The van der Waals surface area contributed by atoms with Crippen molar-refractivity contribution in [2.45, 2.75) is 25.3 Å². The van der Waals surface area contributed by atoms with Crippen molar-refractivity contribution < 1.29 is 0 Å². The van der Waals surface area contributed by atoms with E-state index in [0.717, 1.165) is 17.6 Å². The van der Waals surface area contributed by atoms with Gasteiger partial charge in [0, 0.05) is 20.1 Å². The number of rotatable bonds is 1. The average molecular weight is 245 g/mol. The monoisotopic (exact) mass is 245 g/mol. The molecule has 1 aliphatic rings. The molecule has 1 saturated heterocycles. The molecule has 0 amide bonds. The molecule has 0 spiro atoms. The van der Waals surface area contributed by atoms with Crippen LogP contribution in [-0.2, 0) is 14.1 Å². The van der Waals surface area contributed by atoms with Gasteiger partial charge in [0.05, 0.1) is 11.0 Å². The van der Waals surface area contributed by atoms with E-state index in [1.807, 2.05) is 14.1 Å². The van der Waals surface area contributed by atoms with Crippen molar-refractivity contribution in [1.29, 1.82) is 0 Å². The molecule has 0 radical (unpaired) electrons. The van der Waals surface area contributed by atoms with Crippen LogP contribution in [0.2, 0.25) is 0 Å². The van der Waals surface area contributed by atoms with E-state index in [-0.39, 0.29) is 5.69 Å². The summed E-state index contributed by atoms with van der Waals surface area (Å²) in [6, 6.07) is 6.80. The number of fused-ring (bicyclic) bond motifs is 1. The summed E-state index contributed by atoms with van der Waals surface area (Å²) in [5.41, 5.74) is 3.36. The Morgan fingerprint density at radius 1 is 1.17 bits per heavy atom. The summed E-state index contributed by atoms with van der Waals surface area (Å²) >= 11 is 0. The van der Waals surface area contributed by atoms with Gasteiger partial charge in [-0.1, -0.05) is 12.5 Å². The number of nitrogens with zero attached hydrogens (tertiary/aromatic N) is 2. The molecular formula is C14H19N3O. The van der Waals surface area contributed by atoms with E-state index in [9.17, 15) is 4.79 Å². The Labute approximate surface area is 106 Å². The molecule has 0 saturated carbocycles. The molecule has 1 fully saturated rings. The van der Waals surface area contributed by atoms with Gasteiger partial charge in [-0.25, -0.2) is 4.79 Å². The van der Waals surface area contributed by atoms with Crippen molar-refractivity contribution >= 4 is 11.0 Å². The zero-order chi connectivity index (χ0) is 12.7. The summed E-state index contributed by atoms with van der Waals surface area (Å²) in [4.78, 5) is 11.9. The van der Waals surface area contributed by atoms with Gasteiger partial charge in [-0.3, -0.25) is 9.13 Å². The fraction of sp³-hybridized carbons (Fsp3) is 0.500. The van der Waals surface area contributed by atoms with Crippen LogP contribution in [0.4, 0.5) is 0 Å². The van der Waals surface area contributed by atoms with Crippen LogP contribution in [0.5, 0.6) is 0 Å². The van der Waals surface area contributed by atoms with Gasteiger partial charge in [0.25, 0.3) is 0 Å². The molecule has 0 aliphatic carbocycles. The lowest BCUT2D eigenvalue weighted by molar-refractivity contribution is 0.412. The standard InChI is InChI=1S/C14H19N3O/c1-16-12-7-6-10(11-5-3-4-8-15-11)9-13(12)17(2)14(16)18/h6-7,9,11,15H,3-5,8H2,1-2H3. The third-order valence-electron chi connectivity index (χ3n) is 4.01. The minimum Gasteiger partial charge on any atom is -0.310 e. The Balaban J connectivity index is 2.10. The Bertz CT molecular complexity index is 632. The number of hydrogen-bond acceptors (Lipinski definition) is 2. The van der Waals surface area contributed by atoms with E-state index in [2.05, 4.69) is 23.5 Å². The number of nitrogens with one attached hydrogen (secondary N) is 1. The van der Waals surface area contributed by atoms with E-state index in [1.54, 1.807) is 9.13 Å². The van der Waals surface area contributed by atoms with Crippen LogP contribution in [0.25, 0.3) is 11.0 Å². The first-order valence-electron chi connectivity index (χ1n) is 6.57. The van der Waals surface area contributed by atoms with E-state index in [1.165, 1.54) is 24.8 Å². The Morgan fingerprint density at radius 2 is 1.94 bits per heavy atom. The van der Waals surface area contributed by atoms with Gasteiger partial charge >= 0.3 is 5.69 Å². The van der Waals surface area contributed by atoms with Crippen LogP contribution in [0.1, 0.15) is 30.9 Å². The molecule has 2 heterocycles. The summed E-state index contributed by atoms with van der Waals surface area (Å²) in [5, 5.41) is 3.55. The summed E-state index contributed by atoms with van der Waals surface area (Å²) in [7, 11) is 3.66. The van der Waals surface area contributed by atoms with E-state index < -0.39 is 0 Å². The fourth-order valence-electron chi connectivity index (χ4n) is 2.88. The lowest BCUT2D eigenvalue weighted by atomic mass is 9.97. The van der Waals surface area contributed by atoms with Crippen LogP contribution in [0.3, 0.4) is 0 Å². The number of benzene rings is 1. The topological polar surface area (TPSA) is 39.0 Å². The number of piperidine rings is 1. The smallest absolute Gasteiger partial charge is 0.310 e. The predicted octanol–water partition coefficient (Wildman–Crippen LogP) is 1.69. The molecule has 3 rings (SSSR count). The molecule has 1 aromatic heterocycles. The molecule has 1 N–H and O–H groups in total. The largest absolute Gasteiger partial charge is 0.328 e. The highest BCUT2D eigenvalue weighted by Crippen LogP contribution is 2.25. The van der Waals surface area contributed by atoms with Gasteiger partial charge in [0.2, 0.25) is 0 Å². The molecule has 4 nitrogen and oxygen atoms in total. The third-order valence-corrected chi connectivity index (χ3v) is 4.01. The average Bonchev–Trinajstić information content (AvgIpc) is 2.65. The van der Waals surface area contributed by atoms with Crippen molar-refractivity contribution in [2.75, 3.05) is 6.54 Å². The van der Waals surface area contributed by atoms with E-state index in [0.29, 0.717) is 6.04 Å². The highest BCUT2D eigenvalue weighted by atomic mass is 16.1. The Hall–Kier alpha value is -1.55. The Morgan fingerprint density at radius 3 is 2.67 bits per heavy atom. The van der Waals surface area contributed by atoms with Crippen LogP contribution < -0.4 is 11.0 Å². The quantitative estimate of drug-likeness (QED) is 0.830. The van der Waals surface area contributed by atoms with E-state index >= 15 is 0 Å². The molecule has 0 bridgehead atoms. The lowest BCUT2D eigenvalue weighted by Crippen LogP contribution is -2.26.